The van der Waals surface area contributed by atoms with E-state index in [0.717, 1.165) is 18.2 Å². The van der Waals surface area contributed by atoms with E-state index in [-0.39, 0.29) is 16.5 Å². The van der Waals surface area contributed by atoms with Crippen LogP contribution in [0.4, 0.5) is 10.1 Å². The number of aromatic nitrogens is 2. The van der Waals surface area contributed by atoms with Gasteiger partial charge < -0.3 is 9.67 Å². The van der Waals surface area contributed by atoms with Gasteiger partial charge in [0.05, 0.1) is 12.0 Å². The van der Waals surface area contributed by atoms with Gasteiger partial charge in [0.1, 0.15) is 11.6 Å². The number of hydrogen-bond donors (Lipinski definition) is 2. The Kier molecular flexibility index (Phi) is 4.17. The lowest BCUT2D eigenvalue weighted by atomic mass is 10.2. The average molecular weight is 313 g/mol. The maximum atomic E-state index is 13.1. The molecule has 21 heavy (non-hydrogen) atoms. The minimum absolute atomic E-state index is 0.188. The summed E-state index contributed by atoms with van der Waals surface area (Å²) in [5.74, 6) is -0.674. The van der Waals surface area contributed by atoms with E-state index in [9.17, 15) is 17.9 Å². The molecule has 0 spiro atoms. The predicted molar refractivity (Wildman–Crippen MR) is 75.9 cm³/mol. The molecule has 0 atom stereocenters. The van der Waals surface area contributed by atoms with E-state index in [4.69, 9.17) is 0 Å². The van der Waals surface area contributed by atoms with Crippen LogP contribution in [0, 0.1) is 11.7 Å². The smallest absolute Gasteiger partial charge is 0.281 e. The largest absolute Gasteiger partial charge is 0.506 e. The Morgan fingerprint density at radius 1 is 1.43 bits per heavy atom. The summed E-state index contributed by atoms with van der Waals surface area (Å²) >= 11 is 0. The van der Waals surface area contributed by atoms with Crippen molar-refractivity contribution in [1.82, 2.24) is 9.55 Å². The molecule has 2 aromatic rings. The molecule has 1 aromatic heterocycles. The van der Waals surface area contributed by atoms with Gasteiger partial charge in [0.25, 0.3) is 10.0 Å². The second-order valence-corrected chi connectivity index (χ2v) is 6.70. The standard InChI is InChI=1S/C13H16FN3O3S/c1-9(2)6-17-7-13(15-8-17)21(19,20)16-11-5-10(14)3-4-12(11)18/h3-5,7-9,16,18H,6H2,1-2H3. The van der Waals surface area contributed by atoms with Crippen LogP contribution in [0.15, 0.2) is 35.7 Å². The van der Waals surface area contributed by atoms with Crippen molar-refractivity contribution in [2.75, 3.05) is 4.72 Å². The van der Waals surface area contributed by atoms with Gasteiger partial charge >= 0.3 is 0 Å². The number of phenols is 1. The summed E-state index contributed by atoms with van der Waals surface area (Å²) in [6.45, 7) is 4.63. The van der Waals surface area contributed by atoms with Gasteiger partial charge in [0, 0.05) is 18.8 Å². The quantitative estimate of drug-likeness (QED) is 0.829. The Morgan fingerprint density at radius 2 is 2.14 bits per heavy atom. The van der Waals surface area contributed by atoms with E-state index < -0.39 is 15.8 Å². The molecule has 0 saturated heterocycles. The second-order valence-electron chi connectivity index (χ2n) is 5.07. The molecule has 0 aliphatic rings. The molecule has 0 radical (unpaired) electrons. The summed E-state index contributed by atoms with van der Waals surface area (Å²) in [6, 6.07) is 3.01. The second kappa shape index (κ2) is 5.72. The van der Waals surface area contributed by atoms with E-state index in [1.807, 2.05) is 13.8 Å². The number of phenolic OH excluding ortho intramolecular Hbond substituents is 1. The van der Waals surface area contributed by atoms with Crippen LogP contribution in [-0.2, 0) is 16.6 Å². The number of sulfonamides is 1. The third-order valence-corrected chi connectivity index (χ3v) is 3.91. The fraction of sp³-hybridized carbons (Fsp3) is 0.308. The van der Waals surface area contributed by atoms with Gasteiger partial charge in [-0.3, -0.25) is 4.72 Å². The van der Waals surface area contributed by atoms with Gasteiger partial charge in [-0.1, -0.05) is 13.8 Å². The zero-order chi connectivity index (χ0) is 15.6. The molecule has 0 saturated carbocycles. The van der Waals surface area contributed by atoms with Crippen LogP contribution in [0.1, 0.15) is 13.8 Å². The highest BCUT2D eigenvalue weighted by Crippen LogP contribution is 2.26. The van der Waals surface area contributed by atoms with Gasteiger partial charge in [-0.25, -0.2) is 9.37 Å². The highest BCUT2D eigenvalue weighted by molar-refractivity contribution is 7.92. The number of imidazole rings is 1. The SMILES string of the molecule is CC(C)Cn1cnc(S(=O)(=O)Nc2cc(F)ccc2O)c1. The minimum atomic E-state index is -3.98. The van der Waals surface area contributed by atoms with Crippen LogP contribution < -0.4 is 4.72 Å². The number of halogens is 1. The average Bonchev–Trinajstić information content (AvgIpc) is 2.82. The number of rotatable bonds is 5. The topological polar surface area (TPSA) is 84.2 Å². The molecule has 0 bridgehead atoms. The summed E-state index contributed by atoms with van der Waals surface area (Å²) in [5, 5.41) is 9.36. The number of aromatic hydroxyl groups is 1. The van der Waals surface area contributed by atoms with E-state index >= 15 is 0 Å². The molecule has 0 fully saturated rings. The normalized spacial score (nSPS) is 11.8. The van der Waals surface area contributed by atoms with Crippen LogP contribution in [0.5, 0.6) is 5.75 Å². The number of hydrogen-bond acceptors (Lipinski definition) is 4. The zero-order valence-electron chi connectivity index (χ0n) is 11.6. The summed E-state index contributed by atoms with van der Waals surface area (Å²) in [7, 11) is -3.98. The van der Waals surface area contributed by atoms with Crippen molar-refractivity contribution < 1.29 is 17.9 Å². The minimum Gasteiger partial charge on any atom is -0.506 e. The maximum Gasteiger partial charge on any atom is 0.281 e. The molecule has 8 heteroatoms. The summed E-state index contributed by atoms with van der Waals surface area (Å²) < 4.78 is 41.2. The molecule has 114 valence electrons. The predicted octanol–water partition coefficient (Wildman–Crippen LogP) is 2.18. The van der Waals surface area contributed by atoms with Crippen LogP contribution in [0.3, 0.4) is 0 Å². The fourth-order valence-electron chi connectivity index (χ4n) is 1.79. The molecule has 2 rings (SSSR count). The summed E-state index contributed by atoms with van der Waals surface area (Å²) in [4.78, 5) is 3.83. The van der Waals surface area contributed by atoms with Crippen molar-refractivity contribution in [3.8, 4) is 5.75 Å². The summed E-state index contributed by atoms with van der Waals surface area (Å²) in [6.07, 6.45) is 2.80. The molecular weight excluding hydrogens is 297 g/mol. The van der Waals surface area contributed by atoms with Gasteiger partial charge in [-0.05, 0) is 18.1 Å². The highest BCUT2D eigenvalue weighted by atomic mass is 32.2. The van der Waals surface area contributed by atoms with Crippen molar-refractivity contribution in [1.29, 1.82) is 0 Å². The van der Waals surface area contributed by atoms with Crippen molar-refractivity contribution in [3.63, 3.8) is 0 Å². The van der Waals surface area contributed by atoms with Crippen molar-refractivity contribution in [2.24, 2.45) is 5.92 Å². The molecule has 0 aliphatic carbocycles. The molecule has 0 aliphatic heterocycles. The Hall–Kier alpha value is -2.09. The number of anilines is 1. The van der Waals surface area contributed by atoms with Gasteiger partial charge in [0.2, 0.25) is 0 Å². The molecule has 2 N–H and O–H groups in total. The van der Waals surface area contributed by atoms with Gasteiger partial charge in [-0.2, -0.15) is 8.42 Å². The first-order chi connectivity index (χ1) is 9.78. The summed E-state index contributed by atoms with van der Waals surface area (Å²) in [5.41, 5.74) is -0.228. The Labute approximate surface area is 122 Å². The van der Waals surface area contributed by atoms with Gasteiger partial charge in [0.15, 0.2) is 5.03 Å². The number of benzene rings is 1. The highest BCUT2D eigenvalue weighted by Gasteiger charge is 2.19. The van der Waals surface area contributed by atoms with Crippen LogP contribution >= 0.6 is 0 Å². The van der Waals surface area contributed by atoms with Crippen molar-refractivity contribution in [2.45, 2.75) is 25.4 Å². The third-order valence-electron chi connectivity index (χ3n) is 2.66. The molecule has 6 nitrogen and oxygen atoms in total. The number of nitrogens with one attached hydrogen (secondary N) is 1. The first kappa shape index (κ1) is 15.3. The molecule has 0 amide bonds. The third kappa shape index (κ3) is 3.72. The van der Waals surface area contributed by atoms with Crippen molar-refractivity contribution >= 4 is 15.7 Å². The lowest BCUT2D eigenvalue weighted by molar-refractivity contribution is 0.475. The Bertz CT molecular complexity index is 741. The molecule has 1 heterocycles. The lowest BCUT2D eigenvalue weighted by Gasteiger charge is -2.08. The van der Waals surface area contributed by atoms with E-state index in [0.29, 0.717) is 12.5 Å². The van der Waals surface area contributed by atoms with E-state index in [1.165, 1.54) is 12.5 Å². The first-order valence-corrected chi connectivity index (χ1v) is 7.79. The maximum absolute atomic E-state index is 13.1. The Morgan fingerprint density at radius 3 is 2.81 bits per heavy atom. The first-order valence-electron chi connectivity index (χ1n) is 6.31. The molecule has 1 aromatic carbocycles. The van der Waals surface area contributed by atoms with Crippen LogP contribution in [0.2, 0.25) is 0 Å². The fourth-order valence-corrected chi connectivity index (χ4v) is 2.80. The lowest BCUT2D eigenvalue weighted by Crippen LogP contribution is -2.13. The Balaban J connectivity index is 2.26. The molecular formula is C13H16FN3O3S. The van der Waals surface area contributed by atoms with Crippen LogP contribution in [-0.4, -0.2) is 23.1 Å². The van der Waals surface area contributed by atoms with Crippen LogP contribution in [0.25, 0.3) is 0 Å². The van der Waals surface area contributed by atoms with Gasteiger partial charge in [-0.15, -0.1) is 0 Å². The van der Waals surface area contributed by atoms with Crippen molar-refractivity contribution in [3.05, 3.63) is 36.5 Å². The number of nitrogens with zero attached hydrogens (tertiary/aromatic N) is 2. The van der Waals surface area contributed by atoms with E-state index in [2.05, 4.69) is 9.71 Å². The molecule has 0 unspecified atom stereocenters. The van der Waals surface area contributed by atoms with E-state index in [1.54, 1.807) is 4.57 Å². The zero-order valence-corrected chi connectivity index (χ0v) is 12.4. The monoisotopic (exact) mass is 313 g/mol.